The van der Waals surface area contributed by atoms with Crippen molar-refractivity contribution in [3.8, 4) is 0 Å². The Morgan fingerprint density at radius 3 is 2.50 bits per heavy atom. The SMILES string of the molecule is CN1C(=O)Cc2cc(NS(=O)(=O)c3ccc(Cl)cc3)ccc21. The molecule has 0 atom stereocenters. The number of nitrogens with zero attached hydrogens (tertiary/aromatic N) is 1. The number of sulfonamides is 1. The van der Waals surface area contributed by atoms with E-state index in [1.54, 1.807) is 30.1 Å². The lowest BCUT2D eigenvalue weighted by Gasteiger charge is -2.12. The Labute approximate surface area is 133 Å². The second-order valence-corrected chi connectivity index (χ2v) is 7.15. The quantitative estimate of drug-likeness (QED) is 0.937. The maximum Gasteiger partial charge on any atom is 0.261 e. The number of carbonyl (C=O) groups is 1. The molecule has 0 spiro atoms. The number of benzene rings is 2. The van der Waals surface area contributed by atoms with Crippen LogP contribution in [0.1, 0.15) is 5.56 Å². The highest BCUT2D eigenvalue weighted by Gasteiger charge is 2.24. The van der Waals surface area contributed by atoms with Gasteiger partial charge in [-0.05, 0) is 48.0 Å². The Hall–Kier alpha value is -2.05. The standard InChI is InChI=1S/C15H13ClN2O3S/c1-18-14-7-4-12(8-10(14)9-15(18)19)17-22(20,21)13-5-2-11(16)3-6-13/h2-8,17H,9H2,1H3. The highest BCUT2D eigenvalue weighted by atomic mass is 35.5. The third-order valence-corrected chi connectivity index (χ3v) is 5.18. The van der Waals surface area contributed by atoms with E-state index in [9.17, 15) is 13.2 Å². The van der Waals surface area contributed by atoms with E-state index in [1.165, 1.54) is 24.3 Å². The molecule has 1 N–H and O–H groups in total. The average Bonchev–Trinajstić information content (AvgIpc) is 2.73. The number of carbonyl (C=O) groups excluding carboxylic acids is 1. The number of fused-ring (bicyclic) bond motifs is 1. The van der Waals surface area contributed by atoms with Crippen molar-refractivity contribution in [2.75, 3.05) is 16.7 Å². The summed E-state index contributed by atoms with van der Waals surface area (Å²) in [6.07, 6.45) is 0.280. The number of rotatable bonds is 3. The summed E-state index contributed by atoms with van der Waals surface area (Å²) in [5.41, 5.74) is 2.04. The van der Waals surface area contributed by atoms with Crippen LogP contribution in [0, 0.1) is 0 Å². The summed E-state index contributed by atoms with van der Waals surface area (Å²) >= 11 is 5.76. The van der Waals surface area contributed by atoms with Crippen molar-refractivity contribution in [3.63, 3.8) is 0 Å². The normalized spacial score (nSPS) is 14.1. The van der Waals surface area contributed by atoms with E-state index in [4.69, 9.17) is 11.6 Å². The van der Waals surface area contributed by atoms with E-state index in [2.05, 4.69) is 4.72 Å². The van der Waals surface area contributed by atoms with Gasteiger partial charge in [0.25, 0.3) is 10.0 Å². The first-order valence-electron chi connectivity index (χ1n) is 6.55. The molecule has 22 heavy (non-hydrogen) atoms. The molecule has 0 unspecified atom stereocenters. The second-order valence-electron chi connectivity index (χ2n) is 5.03. The van der Waals surface area contributed by atoms with Crippen LogP contribution in [0.2, 0.25) is 5.02 Å². The molecule has 0 saturated carbocycles. The minimum absolute atomic E-state index is 0.00675. The molecule has 0 aromatic heterocycles. The molecule has 0 saturated heterocycles. The summed E-state index contributed by atoms with van der Waals surface area (Å²) in [7, 11) is -1.98. The van der Waals surface area contributed by atoms with Crippen LogP contribution in [0.3, 0.4) is 0 Å². The Morgan fingerprint density at radius 2 is 1.82 bits per heavy atom. The van der Waals surface area contributed by atoms with Gasteiger partial charge in [-0.25, -0.2) is 8.42 Å². The van der Waals surface area contributed by atoms with E-state index in [0.717, 1.165) is 11.3 Å². The van der Waals surface area contributed by atoms with Gasteiger partial charge in [-0.1, -0.05) is 11.6 Å². The molecule has 0 fully saturated rings. The zero-order chi connectivity index (χ0) is 15.9. The van der Waals surface area contributed by atoms with Crippen molar-refractivity contribution < 1.29 is 13.2 Å². The molecule has 0 radical (unpaired) electrons. The van der Waals surface area contributed by atoms with Crippen molar-refractivity contribution in [1.82, 2.24) is 0 Å². The van der Waals surface area contributed by atoms with Crippen molar-refractivity contribution in [3.05, 3.63) is 53.1 Å². The van der Waals surface area contributed by atoms with Crippen LogP contribution in [0.5, 0.6) is 0 Å². The summed E-state index contributed by atoms with van der Waals surface area (Å²) in [4.78, 5) is 13.3. The number of hydrogen-bond acceptors (Lipinski definition) is 3. The van der Waals surface area contributed by atoms with Gasteiger partial charge in [0.1, 0.15) is 0 Å². The topological polar surface area (TPSA) is 66.5 Å². The molecule has 1 amide bonds. The monoisotopic (exact) mass is 336 g/mol. The molecular weight excluding hydrogens is 324 g/mol. The minimum atomic E-state index is -3.68. The van der Waals surface area contributed by atoms with Crippen LogP contribution in [0.25, 0.3) is 0 Å². The van der Waals surface area contributed by atoms with Gasteiger partial charge in [0.15, 0.2) is 0 Å². The molecule has 7 heteroatoms. The molecule has 3 rings (SSSR count). The molecule has 1 aliphatic heterocycles. The van der Waals surface area contributed by atoms with Gasteiger partial charge in [0.2, 0.25) is 5.91 Å². The fraction of sp³-hybridized carbons (Fsp3) is 0.133. The van der Waals surface area contributed by atoms with E-state index >= 15 is 0 Å². The number of nitrogens with one attached hydrogen (secondary N) is 1. The second kappa shape index (κ2) is 5.30. The lowest BCUT2D eigenvalue weighted by atomic mass is 10.1. The van der Waals surface area contributed by atoms with Gasteiger partial charge >= 0.3 is 0 Å². The van der Waals surface area contributed by atoms with Crippen molar-refractivity contribution in [1.29, 1.82) is 0 Å². The van der Waals surface area contributed by atoms with Gasteiger partial charge in [-0.3, -0.25) is 9.52 Å². The first-order valence-corrected chi connectivity index (χ1v) is 8.41. The van der Waals surface area contributed by atoms with Gasteiger partial charge in [0.05, 0.1) is 11.3 Å². The first-order chi connectivity index (χ1) is 10.4. The lowest BCUT2D eigenvalue weighted by Crippen LogP contribution is -2.20. The molecule has 114 valence electrons. The van der Waals surface area contributed by atoms with Crippen molar-refractivity contribution >= 4 is 38.9 Å². The van der Waals surface area contributed by atoms with Crippen LogP contribution < -0.4 is 9.62 Å². The lowest BCUT2D eigenvalue weighted by molar-refractivity contribution is -0.117. The minimum Gasteiger partial charge on any atom is -0.315 e. The van der Waals surface area contributed by atoms with Gasteiger partial charge < -0.3 is 4.90 Å². The number of anilines is 2. The Kier molecular flexibility index (Phi) is 3.58. The van der Waals surface area contributed by atoms with Gasteiger partial charge in [0, 0.05) is 23.4 Å². The maximum absolute atomic E-state index is 12.3. The summed E-state index contributed by atoms with van der Waals surface area (Å²) < 4.78 is 27.1. The predicted octanol–water partition coefficient (Wildman–Crippen LogP) is 2.66. The summed E-state index contributed by atoms with van der Waals surface area (Å²) in [6, 6.07) is 11.0. The van der Waals surface area contributed by atoms with E-state index in [1.807, 2.05) is 0 Å². The molecule has 2 aromatic rings. The van der Waals surface area contributed by atoms with Crippen LogP contribution in [0.4, 0.5) is 11.4 Å². The molecule has 1 heterocycles. The fourth-order valence-electron chi connectivity index (χ4n) is 2.36. The van der Waals surface area contributed by atoms with Crippen molar-refractivity contribution in [2.45, 2.75) is 11.3 Å². The number of hydrogen-bond donors (Lipinski definition) is 1. The van der Waals surface area contributed by atoms with Crippen molar-refractivity contribution in [2.24, 2.45) is 0 Å². The zero-order valence-electron chi connectivity index (χ0n) is 11.7. The highest BCUT2D eigenvalue weighted by Crippen LogP contribution is 2.30. The molecule has 0 bridgehead atoms. The van der Waals surface area contributed by atoms with Gasteiger partial charge in [-0.15, -0.1) is 0 Å². The molecule has 0 aliphatic carbocycles. The number of likely N-dealkylation sites (N-methyl/N-ethyl adjacent to an activating group) is 1. The fourth-order valence-corrected chi connectivity index (χ4v) is 3.54. The predicted molar refractivity (Wildman–Crippen MR) is 85.8 cm³/mol. The Balaban J connectivity index is 1.89. The van der Waals surface area contributed by atoms with Crippen LogP contribution >= 0.6 is 11.6 Å². The maximum atomic E-state index is 12.3. The highest BCUT2D eigenvalue weighted by molar-refractivity contribution is 7.92. The molecule has 5 nitrogen and oxygen atoms in total. The Bertz CT molecular complexity index is 848. The van der Waals surface area contributed by atoms with E-state index in [-0.39, 0.29) is 17.2 Å². The summed E-state index contributed by atoms with van der Waals surface area (Å²) in [6.45, 7) is 0. The smallest absolute Gasteiger partial charge is 0.261 e. The number of halogens is 1. The largest absolute Gasteiger partial charge is 0.315 e. The number of amides is 1. The summed E-state index contributed by atoms with van der Waals surface area (Å²) in [5, 5.41) is 0.470. The third-order valence-electron chi connectivity index (χ3n) is 3.53. The average molecular weight is 337 g/mol. The molecule has 1 aliphatic rings. The third kappa shape index (κ3) is 2.67. The van der Waals surface area contributed by atoms with Gasteiger partial charge in [-0.2, -0.15) is 0 Å². The van der Waals surface area contributed by atoms with E-state index < -0.39 is 10.0 Å². The molecular formula is C15H13ClN2O3S. The van der Waals surface area contributed by atoms with Crippen LogP contribution in [-0.2, 0) is 21.2 Å². The van der Waals surface area contributed by atoms with E-state index in [0.29, 0.717) is 10.7 Å². The molecule has 2 aromatic carbocycles. The van der Waals surface area contributed by atoms with Crippen LogP contribution in [0.15, 0.2) is 47.4 Å². The zero-order valence-corrected chi connectivity index (χ0v) is 13.3. The Morgan fingerprint density at radius 1 is 1.14 bits per heavy atom. The van der Waals surface area contributed by atoms with Crippen LogP contribution in [-0.4, -0.2) is 21.4 Å². The first kappa shape index (κ1) is 14.9. The summed E-state index contributed by atoms with van der Waals surface area (Å²) in [5.74, 6) is -0.00675.